The fourth-order valence-electron chi connectivity index (χ4n) is 2.13. The van der Waals surface area contributed by atoms with Crippen LogP contribution in [0.15, 0.2) is 18.2 Å². The Balaban J connectivity index is 2.10. The number of aliphatic hydroxyl groups excluding tert-OH is 1. The number of rotatable bonds is 3. The fraction of sp³-hybridized carbons (Fsp3) is 0.538. The Hall–Kier alpha value is -1.62. The van der Waals surface area contributed by atoms with Crippen LogP contribution in [0.3, 0.4) is 0 Å². The number of piperidine rings is 1. The van der Waals surface area contributed by atoms with Crippen molar-refractivity contribution >= 4 is 11.7 Å². The van der Waals surface area contributed by atoms with E-state index in [0.717, 1.165) is 19.4 Å². The van der Waals surface area contributed by atoms with Crippen LogP contribution < -0.4 is 5.32 Å². The van der Waals surface area contributed by atoms with Gasteiger partial charge in [0.1, 0.15) is 11.5 Å². The van der Waals surface area contributed by atoms with E-state index in [1.165, 1.54) is 0 Å². The standard InChI is InChI=1S/C13H19N3O2/c1-2-14-12-7-3-6-11(15-12)13(18)16-8-4-5-10(17)9-16/h3,6-7,10,17H,2,4-5,8-9H2,1H3,(H,14,15). The lowest BCUT2D eigenvalue weighted by Gasteiger charge is -2.29. The molecule has 1 saturated heterocycles. The van der Waals surface area contributed by atoms with Crippen molar-refractivity contribution in [1.82, 2.24) is 9.88 Å². The Labute approximate surface area is 107 Å². The second-order valence-electron chi connectivity index (χ2n) is 4.49. The lowest BCUT2D eigenvalue weighted by molar-refractivity contribution is 0.0469. The molecule has 0 saturated carbocycles. The average molecular weight is 249 g/mol. The summed E-state index contributed by atoms with van der Waals surface area (Å²) >= 11 is 0. The van der Waals surface area contributed by atoms with Crippen LogP contribution in [0.2, 0.25) is 0 Å². The van der Waals surface area contributed by atoms with Crippen LogP contribution in [0.4, 0.5) is 5.82 Å². The summed E-state index contributed by atoms with van der Waals surface area (Å²) in [5.74, 6) is 0.606. The van der Waals surface area contributed by atoms with Gasteiger partial charge >= 0.3 is 0 Å². The van der Waals surface area contributed by atoms with Crippen molar-refractivity contribution < 1.29 is 9.90 Å². The number of hydrogen-bond acceptors (Lipinski definition) is 4. The molecule has 1 atom stereocenters. The zero-order valence-electron chi connectivity index (χ0n) is 10.6. The SMILES string of the molecule is CCNc1cccc(C(=O)N2CCCC(O)C2)n1. The van der Waals surface area contributed by atoms with E-state index >= 15 is 0 Å². The van der Waals surface area contributed by atoms with Gasteiger partial charge in [0.2, 0.25) is 0 Å². The molecule has 2 N–H and O–H groups in total. The molecule has 1 fully saturated rings. The summed E-state index contributed by atoms with van der Waals surface area (Å²) in [6, 6.07) is 5.37. The Kier molecular flexibility index (Phi) is 4.15. The van der Waals surface area contributed by atoms with Gasteiger partial charge in [-0.15, -0.1) is 0 Å². The molecule has 1 aliphatic heterocycles. The van der Waals surface area contributed by atoms with Gasteiger partial charge in [-0.3, -0.25) is 4.79 Å². The van der Waals surface area contributed by atoms with Gasteiger partial charge in [-0.05, 0) is 31.9 Å². The van der Waals surface area contributed by atoms with Crippen LogP contribution in [0.25, 0.3) is 0 Å². The summed E-state index contributed by atoms with van der Waals surface area (Å²) in [4.78, 5) is 18.2. The Bertz CT molecular complexity index is 422. The van der Waals surface area contributed by atoms with Crippen LogP contribution in [0.1, 0.15) is 30.3 Å². The molecule has 18 heavy (non-hydrogen) atoms. The first-order valence-corrected chi connectivity index (χ1v) is 6.39. The number of β-amino-alcohol motifs (C(OH)–C–C–N with tert-alkyl or cyclic N) is 1. The predicted molar refractivity (Wildman–Crippen MR) is 69.5 cm³/mol. The molecule has 0 bridgehead atoms. The largest absolute Gasteiger partial charge is 0.391 e. The minimum atomic E-state index is -0.403. The Morgan fingerprint density at radius 2 is 2.44 bits per heavy atom. The zero-order chi connectivity index (χ0) is 13.0. The molecule has 1 amide bonds. The van der Waals surface area contributed by atoms with E-state index in [1.54, 1.807) is 11.0 Å². The molecule has 5 heteroatoms. The van der Waals surface area contributed by atoms with Gasteiger partial charge in [0, 0.05) is 19.6 Å². The summed E-state index contributed by atoms with van der Waals surface area (Å²) in [6.45, 7) is 3.86. The predicted octanol–water partition coefficient (Wildman–Crippen LogP) is 1.11. The highest BCUT2D eigenvalue weighted by Gasteiger charge is 2.23. The number of aliphatic hydroxyl groups is 1. The number of carbonyl (C=O) groups is 1. The van der Waals surface area contributed by atoms with Gasteiger partial charge in [0.25, 0.3) is 5.91 Å². The van der Waals surface area contributed by atoms with Gasteiger partial charge in [-0.25, -0.2) is 4.98 Å². The van der Waals surface area contributed by atoms with E-state index in [2.05, 4.69) is 10.3 Å². The number of hydrogen-bond donors (Lipinski definition) is 2. The van der Waals surface area contributed by atoms with Gasteiger partial charge in [0.05, 0.1) is 6.10 Å². The van der Waals surface area contributed by atoms with Crippen LogP contribution >= 0.6 is 0 Å². The first-order chi connectivity index (χ1) is 8.70. The van der Waals surface area contributed by atoms with E-state index in [1.807, 2.05) is 19.1 Å². The maximum atomic E-state index is 12.2. The van der Waals surface area contributed by atoms with Crippen molar-refractivity contribution in [2.24, 2.45) is 0 Å². The minimum absolute atomic E-state index is 0.103. The zero-order valence-corrected chi connectivity index (χ0v) is 10.6. The molecule has 1 aliphatic rings. The van der Waals surface area contributed by atoms with E-state index in [4.69, 9.17) is 0 Å². The molecular formula is C13H19N3O2. The van der Waals surface area contributed by atoms with Crippen molar-refractivity contribution in [3.05, 3.63) is 23.9 Å². The van der Waals surface area contributed by atoms with Crippen LogP contribution in [0, 0.1) is 0 Å². The maximum absolute atomic E-state index is 12.2. The highest BCUT2D eigenvalue weighted by Crippen LogP contribution is 2.14. The van der Waals surface area contributed by atoms with Gasteiger partial charge < -0.3 is 15.3 Å². The smallest absolute Gasteiger partial charge is 0.272 e. The molecule has 2 heterocycles. The van der Waals surface area contributed by atoms with E-state index in [0.29, 0.717) is 24.6 Å². The molecule has 0 aromatic carbocycles. The Morgan fingerprint density at radius 3 is 3.17 bits per heavy atom. The number of nitrogens with zero attached hydrogens (tertiary/aromatic N) is 2. The number of aromatic nitrogens is 1. The first kappa shape index (κ1) is 12.8. The fourth-order valence-corrected chi connectivity index (χ4v) is 2.13. The van der Waals surface area contributed by atoms with Gasteiger partial charge in [-0.2, -0.15) is 0 Å². The number of anilines is 1. The summed E-state index contributed by atoms with van der Waals surface area (Å²) < 4.78 is 0. The second-order valence-corrected chi connectivity index (χ2v) is 4.49. The van der Waals surface area contributed by atoms with E-state index in [9.17, 15) is 9.90 Å². The molecule has 98 valence electrons. The van der Waals surface area contributed by atoms with Gasteiger partial charge in [-0.1, -0.05) is 6.07 Å². The summed E-state index contributed by atoms with van der Waals surface area (Å²) in [5, 5.41) is 12.7. The van der Waals surface area contributed by atoms with Gasteiger partial charge in [0.15, 0.2) is 0 Å². The van der Waals surface area contributed by atoms with Crippen LogP contribution in [0.5, 0.6) is 0 Å². The first-order valence-electron chi connectivity index (χ1n) is 6.39. The van der Waals surface area contributed by atoms with Crippen LogP contribution in [-0.2, 0) is 0 Å². The molecule has 0 radical (unpaired) electrons. The topological polar surface area (TPSA) is 65.5 Å². The third kappa shape index (κ3) is 2.98. The molecule has 0 aliphatic carbocycles. The van der Waals surface area contributed by atoms with E-state index in [-0.39, 0.29) is 5.91 Å². The summed E-state index contributed by atoms with van der Waals surface area (Å²) in [6.07, 6.45) is 1.22. The molecule has 2 rings (SSSR count). The van der Waals surface area contributed by atoms with Crippen molar-refractivity contribution in [1.29, 1.82) is 0 Å². The number of nitrogens with one attached hydrogen (secondary N) is 1. The number of amides is 1. The molecule has 0 spiro atoms. The lowest BCUT2D eigenvalue weighted by atomic mass is 10.1. The maximum Gasteiger partial charge on any atom is 0.272 e. The van der Waals surface area contributed by atoms with Crippen molar-refractivity contribution in [3.63, 3.8) is 0 Å². The Morgan fingerprint density at radius 1 is 1.61 bits per heavy atom. The third-order valence-electron chi connectivity index (χ3n) is 3.01. The summed E-state index contributed by atoms with van der Waals surface area (Å²) in [7, 11) is 0. The molecule has 5 nitrogen and oxygen atoms in total. The number of pyridine rings is 1. The monoisotopic (exact) mass is 249 g/mol. The number of carbonyl (C=O) groups excluding carboxylic acids is 1. The lowest BCUT2D eigenvalue weighted by Crippen LogP contribution is -2.42. The highest BCUT2D eigenvalue weighted by molar-refractivity contribution is 5.92. The van der Waals surface area contributed by atoms with Crippen molar-refractivity contribution in [2.45, 2.75) is 25.9 Å². The van der Waals surface area contributed by atoms with Crippen molar-refractivity contribution in [2.75, 3.05) is 25.0 Å². The molecule has 1 unspecified atom stereocenters. The minimum Gasteiger partial charge on any atom is -0.391 e. The molecule has 1 aromatic rings. The number of likely N-dealkylation sites (tertiary alicyclic amines) is 1. The summed E-state index contributed by atoms with van der Waals surface area (Å²) in [5.41, 5.74) is 0.433. The normalized spacial score (nSPS) is 19.7. The average Bonchev–Trinajstić information content (AvgIpc) is 2.39. The second kappa shape index (κ2) is 5.82. The van der Waals surface area contributed by atoms with Crippen molar-refractivity contribution in [3.8, 4) is 0 Å². The molecular weight excluding hydrogens is 230 g/mol. The highest BCUT2D eigenvalue weighted by atomic mass is 16.3. The van der Waals surface area contributed by atoms with Crippen LogP contribution in [-0.4, -0.2) is 46.6 Å². The molecule has 1 aromatic heterocycles. The quantitative estimate of drug-likeness (QED) is 0.842. The van der Waals surface area contributed by atoms with E-state index < -0.39 is 6.10 Å². The third-order valence-corrected chi connectivity index (χ3v) is 3.01.